The molecule has 1 amide bonds. The van der Waals surface area contributed by atoms with E-state index in [1.165, 1.54) is 0 Å². The minimum absolute atomic E-state index is 0.0300. The molecule has 0 atom stereocenters. The highest BCUT2D eigenvalue weighted by Gasteiger charge is 2.17. The molecule has 0 spiro atoms. The van der Waals surface area contributed by atoms with Crippen LogP contribution in [0.3, 0.4) is 0 Å². The van der Waals surface area contributed by atoms with Crippen molar-refractivity contribution in [3.05, 3.63) is 18.3 Å². The van der Waals surface area contributed by atoms with Crippen LogP contribution in [0.2, 0.25) is 0 Å². The Labute approximate surface area is 131 Å². The number of aliphatic hydroxyl groups is 1. The Balaban J connectivity index is 1.83. The molecule has 1 aliphatic rings. The van der Waals surface area contributed by atoms with Crippen LogP contribution in [0.15, 0.2) is 18.3 Å². The fourth-order valence-corrected chi connectivity index (χ4v) is 2.48. The van der Waals surface area contributed by atoms with E-state index in [1.54, 1.807) is 6.20 Å². The number of anilines is 2. The van der Waals surface area contributed by atoms with E-state index in [-0.39, 0.29) is 12.5 Å². The molecule has 0 radical (unpaired) electrons. The molecule has 7 nitrogen and oxygen atoms in total. The smallest absolute Gasteiger partial charge is 0.224 e. The summed E-state index contributed by atoms with van der Waals surface area (Å²) in [5.41, 5.74) is 6.10. The van der Waals surface area contributed by atoms with Crippen LogP contribution in [0.25, 0.3) is 0 Å². The second-order valence-corrected chi connectivity index (χ2v) is 5.40. The number of hydrogen-bond donors (Lipinski definition) is 3. The molecule has 2 heterocycles. The summed E-state index contributed by atoms with van der Waals surface area (Å²) in [4.78, 5) is 20.5. The minimum atomic E-state index is -0.0300. The van der Waals surface area contributed by atoms with Crippen LogP contribution >= 0.6 is 0 Å². The van der Waals surface area contributed by atoms with Crippen molar-refractivity contribution >= 4 is 17.4 Å². The molecular formula is C15H25N5O2. The number of rotatable bonds is 7. The summed E-state index contributed by atoms with van der Waals surface area (Å²) in [6, 6.07) is 3.81. The zero-order valence-electron chi connectivity index (χ0n) is 12.9. The number of nitrogens with one attached hydrogen (secondary N) is 1. The predicted octanol–water partition coefficient (Wildman–Crippen LogP) is -0.127. The lowest BCUT2D eigenvalue weighted by atomic mass is 10.2. The second-order valence-electron chi connectivity index (χ2n) is 5.40. The normalized spacial score (nSPS) is 15.8. The molecule has 0 bridgehead atoms. The maximum Gasteiger partial charge on any atom is 0.224 e. The van der Waals surface area contributed by atoms with Crippen LogP contribution < -0.4 is 16.0 Å². The summed E-state index contributed by atoms with van der Waals surface area (Å²) in [6.07, 6.45) is 2.82. The van der Waals surface area contributed by atoms with Gasteiger partial charge in [-0.3, -0.25) is 9.69 Å². The summed E-state index contributed by atoms with van der Waals surface area (Å²) < 4.78 is 0. The molecular weight excluding hydrogens is 282 g/mol. The van der Waals surface area contributed by atoms with Gasteiger partial charge >= 0.3 is 0 Å². The molecule has 0 aromatic carbocycles. The molecule has 0 unspecified atom stereocenters. The fourth-order valence-electron chi connectivity index (χ4n) is 2.48. The van der Waals surface area contributed by atoms with Gasteiger partial charge in [0.05, 0.1) is 18.5 Å². The lowest BCUT2D eigenvalue weighted by molar-refractivity contribution is -0.116. The van der Waals surface area contributed by atoms with Gasteiger partial charge in [-0.25, -0.2) is 4.98 Å². The molecule has 0 saturated carbocycles. The van der Waals surface area contributed by atoms with Gasteiger partial charge < -0.3 is 21.1 Å². The number of nitrogens with two attached hydrogens (primary N) is 1. The third kappa shape index (κ3) is 4.94. The van der Waals surface area contributed by atoms with Gasteiger partial charge in [0.2, 0.25) is 5.91 Å². The summed E-state index contributed by atoms with van der Waals surface area (Å²) in [5.74, 6) is 0.890. The first-order chi connectivity index (χ1) is 10.7. The second kappa shape index (κ2) is 8.67. The van der Waals surface area contributed by atoms with Gasteiger partial charge in [0.15, 0.2) is 0 Å². The van der Waals surface area contributed by atoms with Gasteiger partial charge in [-0.15, -0.1) is 0 Å². The highest BCUT2D eigenvalue weighted by molar-refractivity contribution is 5.90. The lowest BCUT2D eigenvalue weighted by Crippen LogP contribution is -2.47. The number of piperazine rings is 1. The number of amides is 1. The summed E-state index contributed by atoms with van der Waals surface area (Å²) >= 11 is 0. The third-order valence-electron chi connectivity index (χ3n) is 3.75. The standard InChI is InChI=1S/C15H25N5O2/c16-5-1-2-15(22)18-13-3-4-14(17-12-13)20-8-6-19(7-9-20)10-11-21/h3-4,12,21H,1-2,5-11,16H2,(H,18,22). The van der Waals surface area contributed by atoms with E-state index in [1.807, 2.05) is 12.1 Å². The van der Waals surface area contributed by atoms with Crippen molar-refractivity contribution in [2.75, 3.05) is 56.1 Å². The van der Waals surface area contributed by atoms with E-state index >= 15 is 0 Å². The largest absolute Gasteiger partial charge is 0.395 e. The topological polar surface area (TPSA) is 94.7 Å². The lowest BCUT2D eigenvalue weighted by Gasteiger charge is -2.35. The van der Waals surface area contributed by atoms with E-state index in [9.17, 15) is 4.79 Å². The zero-order valence-corrected chi connectivity index (χ0v) is 12.9. The zero-order chi connectivity index (χ0) is 15.8. The van der Waals surface area contributed by atoms with E-state index in [4.69, 9.17) is 10.8 Å². The van der Waals surface area contributed by atoms with Gasteiger partial charge in [-0.1, -0.05) is 0 Å². The monoisotopic (exact) mass is 307 g/mol. The molecule has 1 fully saturated rings. The van der Waals surface area contributed by atoms with Crippen molar-refractivity contribution in [1.82, 2.24) is 9.88 Å². The van der Waals surface area contributed by atoms with Crippen molar-refractivity contribution in [2.45, 2.75) is 12.8 Å². The molecule has 122 valence electrons. The van der Waals surface area contributed by atoms with E-state index in [0.29, 0.717) is 25.1 Å². The summed E-state index contributed by atoms with van der Waals surface area (Å²) in [7, 11) is 0. The van der Waals surface area contributed by atoms with Crippen molar-refractivity contribution in [1.29, 1.82) is 0 Å². The number of carbonyl (C=O) groups is 1. The Morgan fingerprint density at radius 1 is 1.32 bits per heavy atom. The molecule has 22 heavy (non-hydrogen) atoms. The molecule has 1 aliphatic heterocycles. The summed E-state index contributed by atoms with van der Waals surface area (Å²) in [5, 5.41) is 11.8. The first-order valence-electron chi connectivity index (χ1n) is 7.77. The maximum absolute atomic E-state index is 11.6. The Hall–Kier alpha value is -1.70. The highest BCUT2D eigenvalue weighted by Crippen LogP contribution is 2.16. The van der Waals surface area contributed by atoms with Crippen molar-refractivity contribution in [3.63, 3.8) is 0 Å². The number of pyridine rings is 1. The van der Waals surface area contributed by atoms with Crippen LogP contribution in [0.4, 0.5) is 11.5 Å². The summed E-state index contributed by atoms with van der Waals surface area (Å²) in [6.45, 7) is 5.11. The number of hydrogen-bond acceptors (Lipinski definition) is 6. The fraction of sp³-hybridized carbons (Fsp3) is 0.600. The minimum Gasteiger partial charge on any atom is -0.395 e. The first kappa shape index (κ1) is 16.7. The Bertz CT molecular complexity index is 458. The molecule has 4 N–H and O–H groups in total. The van der Waals surface area contributed by atoms with Gasteiger partial charge in [0.25, 0.3) is 0 Å². The average Bonchev–Trinajstić information content (AvgIpc) is 2.55. The van der Waals surface area contributed by atoms with Crippen molar-refractivity contribution < 1.29 is 9.90 Å². The van der Waals surface area contributed by atoms with Crippen molar-refractivity contribution in [2.24, 2.45) is 5.73 Å². The Morgan fingerprint density at radius 2 is 2.09 bits per heavy atom. The van der Waals surface area contributed by atoms with Crippen LogP contribution in [0.5, 0.6) is 0 Å². The number of carbonyl (C=O) groups excluding carboxylic acids is 1. The van der Waals surface area contributed by atoms with Crippen LogP contribution in [0.1, 0.15) is 12.8 Å². The van der Waals surface area contributed by atoms with Gasteiger partial charge in [0, 0.05) is 39.1 Å². The molecule has 7 heteroatoms. The average molecular weight is 307 g/mol. The third-order valence-corrected chi connectivity index (χ3v) is 3.75. The molecule has 1 aromatic rings. The van der Waals surface area contributed by atoms with Crippen LogP contribution in [0, 0.1) is 0 Å². The number of aliphatic hydroxyl groups excluding tert-OH is 1. The molecule has 2 rings (SSSR count). The number of β-amino-alcohol motifs (C(OH)–C–C–N with tert-alkyl or cyclic N) is 1. The van der Waals surface area contributed by atoms with Crippen molar-refractivity contribution in [3.8, 4) is 0 Å². The number of nitrogens with zero attached hydrogens (tertiary/aromatic N) is 3. The van der Waals surface area contributed by atoms with Crippen LogP contribution in [-0.2, 0) is 4.79 Å². The van der Waals surface area contributed by atoms with E-state index in [0.717, 1.165) is 38.5 Å². The van der Waals surface area contributed by atoms with Gasteiger partial charge in [0.1, 0.15) is 5.82 Å². The Morgan fingerprint density at radius 3 is 2.68 bits per heavy atom. The van der Waals surface area contributed by atoms with Gasteiger partial charge in [-0.2, -0.15) is 0 Å². The molecule has 1 saturated heterocycles. The van der Waals surface area contributed by atoms with Crippen LogP contribution in [-0.4, -0.2) is 66.8 Å². The van der Waals surface area contributed by atoms with E-state index < -0.39 is 0 Å². The number of aromatic nitrogens is 1. The van der Waals surface area contributed by atoms with Gasteiger partial charge in [-0.05, 0) is 25.1 Å². The highest BCUT2D eigenvalue weighted by atomic mass is 16.3. The van der Waals surface area contributed by atoms with E-state index in [2.05, 4.69) is 20.1 Å². The molecule has 0 aliphatic carbocycles. The maximum atomic E-state index is 11.6. The SMILES string of the molecule is NCCCC(=O)Nc1ccc(N2CCN(CCO)CC2)nc1. The quantitative estimate of drug-likeness (QED) is 0.650. The predicted molar refractivity (Wildman–Crippen MR) is 86.9 cm³/mol. The Kier molecular flexibility index (Phi) is 6.57. The molecule has 1 aromatic heterocycles. The first-order valence-corrected chi connectivity index (χ1v) is 7.77.